The van der Waals surface area contributed by atoms with Crippen molar-refractivity contribution in [3.63, 3.8) is 0 Å². The predicted molar refractivity (Wildman–Crippen MR) is 132 cm³/mol. The van der Waals surface area contributed by atoms with Crippen LogP contribution in [-0.4, -0.2) is 49.3 Å². The summed E-state index contributed by atoms with van der Waals surface area (Å²) in [6.45, 7) is 13.3. The molecule has 186 valence electrons. The molecule has 34 heavy (non-hydrogen) atoms. The molecule has 4 rings (SSSR count). The van der Waals surface area contributed by atoms with Gasteiger partial charge in [0.1, 0.15) is 5.75 Å². The maximum atomic E-state index is 13.8. The molecule has 8 heteroatoms. The molecule has 1 unspecified atom stereocenters. The molecule has 0 aromatic heterocycles. The molecular weight excluding hydrogens is 448 g/mol. The third kappa shape index (κ3) is 4.19. The standard InChI is InChI=1S/C26H38N2O5Si/c1-17(21-19(22(29)27-21)13-16-32-34(5,6)25(2,3)4)23(30)28-24(31)18-11-7-8-12-20(18)33-26(28)14-9-10-15-26/h7-8,11-12,17,19,21H,9-10,13-16H2,1-6H3,(H,27,29)/t17?,19-,21-/m1/s1. The van der Waals surface area contributed by atoms with E-state index in [1.807, 2.05) is 13.0 Å². The summed E-state index contributed by atoms with van der Waals surface area (Å²) < 4.78 is 12.6. The number of nitrogens with one attached hydrogen (secondary N) is 1. The minimum Gasteiger partial charge on any atom is -0.467 e. The van der Waals surface area contributed by atoms with Gasteiger partial charge in [-0.05, 0) is 49.5 Å². The highest BCUT2D eigenvalue weighted by Gasteiger charge is 2.55. The SMILES string of the molecule is CC(C(=O)N1C(=O)c2ccccc2OC12CCCC2)[C@H]1NC(=O)[C@@H]1CCO[Si](C)(C)C(C)(C)C. The first-order chi connectivity index (χ1) is 15.9. The molecule has 7 nitrogen and oxygen atoms in total. The topological polar surface area (TPSA) is 84.9 Å². The monoisotopic (exact) mass is 486 g/mol. The van der Waals surface area contributed by atoms with Crippen molar-refractivity contribution in [1.82, 2.24) is 10.2 Å². The quantitative estimate of drug-likeness (QED) is 0.473. The highest BCUT2D eigenvalue weighted by molar-refractivity contribution is 6.74. The van der Waals surface area contributed by atoms with Gasteiger partial charge in [0.25, 0.3) is 5.91 Å². The maximum absolute atomic E-state index is 13.8. The van der Waals surface area contributed by atoms with E-state index >= 15 is 0 Å². The lowest BCUT2D eigenvalue weighted by Gasteiger charge is -2.47. The summed E-state index contributed by atoms with van der Waals surface area (Å²) in [5.41, 5.74) is -0.511. The molecule has 2 aliphatic heterocycles. The van der Waals surface area contributed by atoms with E-state index in [-0.39, 0.29) is 34.7 Å². The molecule has 1 N–H and O–H groups in total. The lowest BCUT2D eigenvalue weighted by Crippen LogP contribution is -2.67. The molecule has 1 aliphatic carbocycles. The fourth-order valence-corrected chi connectivity index (χ4v) is 6.14. The second-order valence-corrected chi connectivity index (χ2v) is 16.4. The van der Waals surface area contributed by atoms with Crippen LogP contribution in [0.15, 0.2) is 24.3 Å². The van der Waals surface area contributed by atoms with Crippen LogP contribution >= 0.6 is 0 Å². The fraction of sp³-hybridized carbons (Fsp3) is 0.654. The van der Waals surface area contributed by atoms with Crippen molar-refractivity contribution in [3.05, 3.63) is 29.8 Å². The van der Waals surface area contributed by atoms with E-state index < -0.39 is 20.0 Å². The Bertz CT molecular complexity index is 980. The Morgan fingerprint density at radius 3 is 2.50 bits per heavy atom. The van der Waals surface area contributed by atoms with Crippen molar-refractivity contribution in [1.29, 1.82) is 0 Å². The van der Waals surface area contributed by atoms with Gasteiger partial charge in [-0.25, -0.2) is 4.90 Å². The van der Waals surface area contributed by atoms with Gasteiger partial charge in [-0.1, -0.05) is 39.8 Å². The van der Waals surface area contributed by atoms with E-state index in [4.69, 9.17) is 9.16 Å². The summed E-state index contributed by atoms with van der Waals surface area (Å²) >= 11 is 0. The number of ether oxygens (including phenoxy) is 1. The zero-order valence-electron chi connectivity index (χ0n) is 21.3. The minimum atomic E-state index is -1.91. The lowest BCUT2D eigenvalue weighted by molar-refractivity contribution is -0.156. The number of β-lactam (4-membered cyclic amide) rings is 1. The molecule has 1 saturated carbocycles. The summed E-state index contributed by atoms with van der Waals surface area (Å²) in [6, 6.07) is 6.81. The number of hydrogen-bond acceptors (Lipinski definition) is 5. The number of hydrogen-bond donors (Lipinski definition) is 1. The van der Waals surface area contributed by atoms with Crippen LogP contribution in [0.2, 0.25) is 18.1 Å². The highest BCUT2D eigenvalue weighted by Crippen LogP contribution is 2.44. The molecule has 1 spiro atoms. The molecule has 2 fully saturated rings. The number of fused-ring (bicyclic) bond motifs is 1. The summed E-state index contributed by atoms with van der Waals surface area (Å²) in [5, 5.41) is 3.02. The van der Waals surface area contributed by atoms with Gasteiger partial charge in [0.15, 0.2) is 14.0 Å². The Kier molecular flexibility index (Phi) is 6.44. The molecule has 0 radical (unpaired) electrons. The zero-order chi connectivity index (χ0) is 24.9. The first-order valence-corrected chi connectivity index (χ1v) is 15.4. The summed E-state index contributed by atoms with van der Waals surface area (Å²) in [6.07, 6.45) is 3.64. The average Bonchev–Trinajstić information content (AvgIpc) is 3.21. The molecule has 1 saturated heterocycles. The van der Waals surface area contributed by atoms with Gasteiger partial charge in [0.05, 0.1) is 23.4 Å². The predicted octanol–water partition coefficient (Wildman–Crippen LogP) is 4.48. The average molecular weight is 487 g/mol. The van der Waals surface area contributed by atoms with Crippen LogP contribution in [0.5, 0.6) is 5.75 Å². The number of rotatable bonds is 6. The molecule has 3 amide bonds. The van der Waals surface area contributed by atoms with Gasteiger partial charge in [0, 0.05) is 19.4 Å². The zero-order valence-corrected chi connectivity index (χ0v) is 22.3. The molecule has 2 heterocycles. The van der Waals surface area contributed by atoms with Gasteiger partial charge >= 0.3 is 0 Å². The van der Waals surface area contributed by atoms with Crippen molar-refractivity contribution in [2.45, 2.75) is 89.7 Å². The van der Waals surface area contributed by atoms with Gasteiger partial charge in [-0.3, -0.25) is 14.4 Å². The normalized spacial score (nSPS) is 24.8. The van der Waals surface area contributed by atoms with E-state index in [9.17, 15) is 14.4 Å². The van der Waals surface area contributed by atoms with E-state index in [0.717, 1.165) is 12.8 Å². The molecule has 3 aliphatic rings. The Morgan fingerprint density at radius 1 is 1.24 bits per heavy atom. The van der Waals surface area contributed by atoms with Crippen molar-refractivity contribution in [3.8, 4) is 5.75 Å². The molecular formula is C26H38N2O5Si. The van der Waals surface area contributed by atoms with Crippen LogP contribution < -0.4 is 10.1 Å². The highest BCUT2D eigenvalue weighted by atomic mass is 28.4. The van der Waals surface area contributed by atoms with Crippen LogP contribution in [-0.2, 0) is 14.0 Å². The van der Waals surface area contributed by atoms with Crippen molar-refractivity contribution >= 4 is 26.0 Å². The number of carbonyl (C=O) groups excluding carboxylic acids is 3. The third-order valence-electron chi connectivity index (χ3n) is 8.34. The first kappa shape index (κ1) is 24.9. The van der Waals surface area contributed by atoms with Crippen LogP contribution in [0.4, 0.5) is 0 Å². The Labute approximate surface area is 203 Å². The van der Waals surface area contributed by atoms with Crippen LogP contribution in [0.25, 0.3) is 0 Å². The van der Waals surface area contributed by atoms with Gasteiger partial charge in [-0.15, -0.1) is 0 Å². The number of nitrogens with zero attached hydrogens (tertiary/aromatic N) is 1. The van der Waals surface area contributed by atoms with E-state index in [1.165, 1.54) is 4.90 Å². The minimum absolute atomic E-state index is 0.0503. The molecule has 3 atom stereocenters. The molecule has 1 aromatic carbocycles. The smallest absolute Gasteiger partial charge is 0.267 e. The second kappa shape index (κ2) is 8.79. The number of carbonyl (C=O) groups is 3. The van der Waals surface area contributed by atoms with Crippen molar-refractivity contribution in [2.75, 3.05) is 6.61 Å². The maximum Gasteiger partial charge on any atom is 0.267 e. The van der Waals surface area contributed by atoms with Crippen LogP contribution in [0.3, 0.4) is 0 Å². The van der Waals surface area contributed by atoms with Crippen LogP contribution in [0.1, 0.15) is 70.2 Å². The Morgan fingerprint density at radius 2 is 1.88 bits per heavy atom. The van der Waals surface area contributed by atoms with Crippen molar-refractivity contribution < 1.29 is 23.5 Å². The second-order valence-electron chi connectivity index (χ2n) is 11.6. The fourth-order valence-electron chi connectivity index (χ4n) is 5.08. The van der Waals surface area contributed by atoms with Crippen LogP contribution in [0, 0.1) is 11.8 Å². The first-order valence-electron chi connectivity index (χ1n) is 12.5. The van der Waals surface area contributed by atoms with Gasteiger partial charge in [0.2, 0.25) is 11.8 Å². The Hall–Kier alpha value is -2.19. The van der Waals surface area contributed by atoms with E-state index in [2.05, 4.69) is 39.2 Å². The summed E-state index contributed by atoms with van der Waals surface area (Å²) in [7, 11) is -1.91. The lowest BCUT2D eigenvalue weighted by atomic mass is 9.79. The third-order valence-corrected chi connectivity index (χ3v) is 12.9. The largest absolute Gasteiger partial charge is 0.467 e. The summed E-state index contributed by atoms with van der Waals surface area (Å²) in [4.78, 5) is 41.0. The van der Waals surface area contributed by atoms with E-state index in [0.29, 0.717) is 37.2 Å². The van der Waals surface area contributed by atoms with Crippen molar-refractivity contribution in [2.24, 2.45) is 11.8 Å². The van der Waals surface area contributed by atoms with E-state index in [1.54, 1.807) is 18.2 Å². The van der Waals surface area contributed by atoms with Gasteiger partial charge in [-0.2, -0.15) is 0 Å². The Balaban J connectivity index is 1.49. The number of amides is 3. The van der Waals surface area contributed by atoms with Gasteiger partial charge < -0.3 is 14.5 Å². The molecule has 0 bridgehead atoms. The number of imide groups is 1. The number of para-hydroxylation sites is 1. The molecule has 1 aromatic rings. The number of benzene rings is 1. The summed E-state index contributed by atoms with van der Waals surface area (Å²) in [5.74, 6) is -0.915.